The maximum absolute atomic E-state index is 14.7. The molecule has 410 valence electrons. The van der Waals surface area contributed by atoms with Crippen molar-refractivity contribution in [2.45, 2.75) is 126 Å². The molecule has 26 heteroatoms. The molecule has 15 N–H and O–H groups in total. The van der Waals surface area contributed by atoms with E-state index in [1.54, 1.807) is 82.3 Å². The summed E-state index contributed by atoms with van der Waals surface area (Å²) in [6, 6.07) is 6.48. The lowest BCUT2D eigenvalue weighted by atomic mass is 9.99. The third-order valence-corrected chi connectivity index (χ3v) is 15.3. The highest BCUT2D eigenvalue weighted by atomic mass is 33.1. The Hall–Kier alpha value is -7.09. The van der Waals surface area contributed by atoms with Crippen LogP contribution in [0.5, 0.6) is 5.75 Å². The number of methoxy groups -OCH3 is 1. The Morgan fingerprint density at radius 2 is 1.41 bits per heavy atom. The fourth-order valence-corrected chi connectivity index (χ4v) is 10.9. The summed E-state index contributed by atoms with van der Waals surface area (Å²) < 4.78 is 4.41. The SMILES string of the molecule is COc1ccc(C[C@@H]2NC(=O)CC(C)(C)SSC[C@@H](C(=O)N3CCC[C@H]3C(=O)N[C@H](CCCN=C(N)N)C(=O)NCC(N)=O)NC(=O)[C@H](CC(N)=O)NC(=O)[C@H](C(C)C)NC(=O)[C@H](Cc3ccccc3)NC2=O)cc1. The Morgan fingerprint density at radius 3 is 2.03 bits per heavy atom. The minimum absolute atomic E-state index is 0.0173. The van der Waals surface area contributed by atoms with Crippen molar-refractivity contribution in [2.24, 2.45) is 33.8 Å². The molecule has 0 spiro atoms. The van der Waals surface area contributed by atoms with Crippen LogP contribution in [0.25, 0.3) is 0 Å². The number of amides is 10. The summed E-state index contributed by atoms with van der Waals surface area (Å²) in [5.74, 6) is -8.21. The Balaban J connectivity index is 1.71. The van der Waals surface area contributed by atoms with E-state index in [1.807, 2.05) is 0 Å². The Kier molecular flexibility index (Phi) is 23.5. The van der Waals surface area contributed by atoms with Gasteiger partial charge >= 0.3 is 0 Å². The van der Waals surface area contributed by atoms with Gasteiger partial charge in [0.05, 0.1) is 20.1 Å². The van der Waals surface area contributed by atoms with Gasteiger partial charge in [-0.25, -0.2) is 0 Å². The number of ether oxygens (including phenoxy) is 1. The molecule has 4 rings (SSSR count). The lowest BCUT2D eigenvalue weighted by molar-refractivity contribution is -0.142. The minimum atomic E-state index is -1.67. The summed E-state index contributed by atoms with van der Waals surface area (Å²) in [5, 5.41) is 18.6. The molecule has 75 heavy (non-hydrogen) atoms. The molecule has 24 nitrogen and oxygen atoms in total. The standard InChI is InChI=1S/C49H71N13O11S2/c1-27(2)40-46(71)59-34(23-37(50)63)43(68)60-35(47(72)62-20-10-14-36(62)45(70)57-31(13-9-19-54-48(52)53)41(66)55-25-38(51)64)26-74-75-49(3,4)24-39(65)56-32(22-29-15-17-30(73-5)18-16-29)42(67)58-33(44(69)61-40)21-28-11-7-6-8-12-28/h6-8,11-12,15-18,27,31-36,40H,9-10,13-14,19-26H2,1-5H3,(H2,50,63)(H2,51,64)(H,55,66)(H,56,65)(H,57,70)(H,58,67)(H,59,71)(H,60,68)(H,61,69)(H4,52,53,54)/t31-,32+,33+,34+,35+,36+,40+/m1/s1. The van der Waals surface area contributed by atoms with Crippen molar-refractivity contribution in [1.29, 1.82) is 0 Å². The summed E-state index contributed by atoms with van der Waals surface area (Å²) in [4.78, 5) is 142. The summed E-state index contributed by atoms with van der Waals surface area (Å²) in [7, 11) is 3.83. The van der Waals surface area contributed by atoms with E-state index in [2.05, 4.69) is 42.2 Å². The van der Waals surface area contributed by atoms with E-state index in [0.717, 1.165) is 10.8 Å². The maximum Gasteiger partial charge on any atom is 0.246 e. The van der Waals surface area contributed by atoms with Crippen molar-refractivity contribution in [3.05, 3.63) is 65.7 Å². The Labute approximate surface area is 443 Å². The highest BCUT2D eigenvalue weighted by molar-refractivity contribution is 8.77. The van der Waals surface area contributed by atoms with Gasteiger partial charge in [0.15, 0.2) is 5.96 Å². The molecular formula is C49H71N13O11S2. The van der Waals surface area contributed by atoms with Gasteiger partial charge in [-0.1, -0.05) is 77.9 Å². The third-order valence-electron chi connectivity index (χ3n) is 12.0. The van der Waals surface area contributed by atoms with Crippen molar-refractivity contribution >= 4 is 86.6 Å². The number of primary amides is 2. The van der Waals surface area contributed by atoms with E-state index in [1.165, 1.54) is 22.8 Å². The maximum atomic E-state index is 14.7. The van der Waals surface area contributed by atoms with E-state index in [4.69, 9.17) is 27.7 Å². The largest absolute Gasteiger partial charge is 0.497 e. The molecule has 2 fully saturated rings. The monoisotopic (exact) mass is 1080 g/mol. The highest BCUT2D eigenvalue weighted by Gasteiger charge is 2.41. The zero-order valence-electron chi connectivity index (χ0n) is 42.8. The quantitative estimate of drug-likeness (QED) is 0.0337. The lowest BCUT2D eigenvalue weighted by Gasteiger charge is -2.32. The molecule has 2 saturated heterocycles. The molecule has 2 aliphatic rings. The minimum Gasteiger partial charge on any atom is -0.497 e. The van der Waals surface area contributed by atoms with Gasteiger partial charge in [0.2, 0.25) is 59.1 Å². The predicted octanol–water partition coefficient (Wildman–Crippen LogP) is -1.87. The number of carbonyl (C=O) groups is 10. The van der Waals surface area contributed by atoms with Gasteiger partial charge in [0.1, 0.15) is 48.0 Å². The zero-order chi connectivity index (χ0) is 55.4. The Morgan fingerprint density at radius 1 is 0.800 bits per heavy atom. The molecule has 0 bridgehead atoms. The van der Waals surface area contributed by atoms with E-state index in [-0.39, 0.29) is 63.3 Å². The van der Waals surface area contributed by atoms with Gasteiger partial charge < -0.3 is 69.8 Å². The second kappa shape index (κ2) is 29.1. The topological polar surface area (TPSA) is 384 Å². The second-order valence-electron chi connectivity index (χ2n) is 19.1. The summed E-state index contributed by atoms with van der Waals surface area (Å²) in [6.45, 7) is 6.47. The number of rotatable bonds is 18. The first kappa shape index (κ1) is 60.5. The molecule has 0 unspecified atom stereocenters. The molecule has 2 aliphatic heterocycles. The van der Waals surface area contributed by atoms with E-state index < -0.39 is 125 Å². The van der Waals surface area contributed by atoms with Gasteiger partial charge in [-0.2, -0.15) is 0 Å². The highest BCUT2D eigenvalue weighted by Crippen LogP contribution is 2.39. The van der Waals surface area contributed by atoms with Crippen LogP contribution in [0.15, 0.2) is 59.6 Å². The zero-order valence-corrected chi connectivity index (χ0v) is 44.4. The van der Waals surface area contributed by atoms with Gasteiger partial charge in [-0.15, -0.1) is 0 Å². The van der Waals surface area contributed by atoms with Crippen molar-refractivity contribution < 1.29 is 52.7 Å². The van der Waals surface area contributed by atoms with Crippen molar-refractivity contribution in [3.63, 3.8) is 0 Å². The fraction of sp³-hybridized carbons (Fsp3) is 0.531. The van der Waals surface area contributed by atoms with Crippen LogP contribution in [0, 0.1) is 5.92 Å². The number of nitrogens with one attached hydrogen (secondary N) is 7. The average molecular weight is 1080 g/mol. The summed E-state index contributed by atoms with van der Waals surface area (Å²) in [5.41, 5.74) is 23.0. The van der Waals surface area contributed by atoms with Crippen LogP contribution in [-0.2, 0) is 60.8 Å². The normalized spacial score (nSPS) is 22.4. The number of nitrogens with two attached hydrogens (primary N) is 4. The molecule has 0 saturated carbocycles. The van der Waals surface area contributed by atoms with Crippen LogP contribution < -0.4 is 64.9 Å². The number of guanidine groups is 1. The molecule has 2 aromatic rings. The number of aliphatic imine (C=N–C) groups is 1. The average Bonchev–Trinajstić information content (AvgIpc) is 3.84. The summed E-state index contributed by atoms with van der Waals surface area (Å²) >= 11 is 0. The number of likely N-dealkylation sites (tertiary alicyclic amines) is 1. The summed E-state index contributed by atoms with van der Waals surface area (Å²) in [6.07, 6.45) is -0.0835. The number of benzene rings is 2. The molecular weight excluding hydrogens is 1010 g/mol. The first-order valence-electron chi connectivity index (χ1n) is 24.5. The number of hydrogen-bond acceptors (Lipinski definition) is 14. The Bertz CT molecular complexity index is 2390. The van der Waals surface area contributed by atoms with E-state index >= 15 is 0 Å². The lowest BCUT2D eigenvalue weighted by Crippen LogP contribution is -2.61. The van der Waals surface area contributed by atoms with Gasteiger partial charge in [0, 0.05) is 42.9 Å². The molecule has 10 amide bonds. The molecule has 0 aromatic heterocycles. The van der Waals surface area contributed by atoms with Crippen LogP contribution in [0.3, 0.4) is 0 Å². The molecule has 7 atom stereocenters. The smallest absolute Gasteiger partial charge is 0.246 e. The van der Waals surface area contributed by atoms with Gasteiger partial charge in [-0.3, -0.25) is 52.9 Å². The van der Waals surface area contributed by atoms with Crippen molar-refractivity contribution in [1.82, 2.24) is 42.1 Å². The fourth-order valence-electron chi connectivity index (χ4n) is 8.21. The molecule has 0 radical (unpaired) electrons. The third kappa shape index (κ3) is 19.9. The first-order chi connectivity index (χ1) is 35.5. The van der Waals surface area contributed by atoms with Crippen molar-refractivity contribution in [3.8, 4) is 5.75 Å². The number of nitrogens with zero attached hydrogens (tertiary/aromatic N) is 2. The predicted molar refractivity (Wildman–Crippen MR) is 283 cm³/mol. The molecule has 2 aromatic carbocycles. The van der Waals surface area contributed by atoms with Crippen LogP contribution >= 0.6 is 21.6 Å². The van der Waals surface area contributed by atoms with Gasteiger partial charge in [0.25, 0.3) is 0 Å². The first-order valence-corrected chi connectivity index (χ1v) is 26.8. The number of hydrogen-bond donors (Lipinski definition) is 11. The van der Waals surface area contributed by atoms with Crippen LogP contribution in [0.2, 0.25) is 0 Å². The van der Waals surface area contributed by atoms with Crippen LogP contribution in [0.4, 0.5) is 0 Å². The molecule has 2 heterocycles. The van der Waals surface area contributed by atoms with Crippen molar-refractivity contribution in [2.75, 3.05) is 32.5 Å². The second-order valence-corrected chi connectivity index (χ2v) is 22.2. The van der Waals surface area contributed by atoms with Gasteiger partial charge in [-0.05, 0) is 68.7 Å². The molecule has 0 aliphatic carbocycles. The van der Waals surface area contributed by atoms with Crippen LogP contribution in [-0.4, -0.2) is 149 Å². The number of carbonyl (C=O) groups excluding carboxylic acids is 10. The van der Waals surface area contributed by atoms with E-state index in [9.17, 15) is 47.9 Å². The van der Waals surface area contributed by atoms with E-state index in [0.29, 0.717) is 23.3 Å². The van der Waals surface area contributed by atoms with Crippen LogP contribution in [0.1, 0.15) is 77.3 Å².